The zero-order valence-corrected chi connectivity index (χ0v) is 14.4. The minimum atomic E-state index is -1.07. The normalized spacial score (nSPS) is 10.3. The molecule has 6 heteroatoms. The van der Waals surface area contributed by atoms with Gasteiger partial charge in [-0.3, -0.25) is 9.59 Å². The van der Waals surface area contributed by atoms with Crippen molar-refractivity contribution in [3.05, 3.63) is 89.5 Å². The van der Waals surface area contributed by atoms with Crippen LogP contribution in [0.15, 0.2) is 66.7 Å². The van der Waals surface area contributed by atoms with Gasteiger partial charge in [-0.05, 0) is 73.7 Å². The number of nitrogens with one attached hydrogen (secondary N) is 2. The van der Waals surface area contributed by atoms with E-state index in [2.05, 4.69) is 10.6 Å². The number of rotatable bonds is 5. The molecule has 0 aliphatic heterocycles. The van der Waals surface area contributed by atoms with E-state index in [-0.39, 0.29) is 11.3 Å². The highest BCUT2D eigenvalue weighted by atomic mass is 19.2. The number of carbonyl (C=O) groups excluding carboxylic acids is 2. The molecule has 0 saturated heterocycles. The highest BCUT2D eigenvalue weighted by molar-refractivity contribution is 6.04. The molecule has 0 aromatic heterocycles. The average molecular weight is 366 g/mol. The van der Waals surface area contributed by atoms with E-state index in [4.69, 9.17) is 0 Å². The van der Waals surface area contributed by atoms with Crippen molar-refractivity contribution in [1.82, 2.24) is 0 Å². The second-order valence-corrected chi connectivity index (χ2v) is 5.92. The fourth-order valence-corrected chi connectivity index (χ4v) is 2.43. The molecule has 0 spiro atoms. The topological polar surface area (TPSA) is 58.2 Å². The van der Waals surface area contributed by atoms with E-state index in [9.17, 15) is 18.4 Å². The third kappa shape index (κ3) is 4.55. The molecule has 3 aromatic rings. The number of ketones is 1. The largest absolute Gasteiger partial charge is 0.356 e. The molecule has 0 atom stereocenters. The van der Waals surface area contributed by atoms with Gasteiger partial charge in [-0.25, -0.2) is 8.78 Å². The van der Waals surface area contributed by atoms with Gasteiger partial charge in [0.05, 0.1) is 0 Å². The van der Waals surface area contributed by atoms with Gasteiger partial charge in [0.1, 0.15) is 0 Å². The molecule has 27 heavy (non-hydrogen) atoms. The Balaban J connectivity index is 1.65. The zero-order valence-electron chi connectivity index (χ0n) is 14.4. The average Bonchev–Trinajstić information content (AvgIpc) is 2.66. The van der Waals surface area contributed by atoms with Gasteiger partial charge in [0, 0.05) is 28.2 Å². The lowest BCUT2D eigenvalue weighted by atomic mass is 10.1. The number of hydrogen-bond acceptors (Lipinski definition) is 3. The Morgan fingerprint density at radius 3 is 1.78 bits per heavy atom. The molecule has 1 amide bonds. The number of hydrogen-bond donors (Lipinski definition) is 2. The van der Waals surface area contributed by atoms with Gasteiger partial charge in [0.25, 0.3) is 5.91 Å². The maximum atomic E-state index is 13.2. The number of halogens is 2. The van der Waals surface area contributed by atoms with Gasteiger partial charge in [-0.2, -0.15) is 0 Å². The molecule has 2 N–H and O–H groups in total. The van der Waals surface area contributed by atoms with Crippen LogP contribution in [-0.4, -0.2) is 11.7 Å². The van der Waals surface area contributed by atoms with E-state index in [1.165, 1.54) is 13.0 Å². The zero-order chi connectivity index (χ0) is 19.4. The summed E-state index contributed by atoms with van der Waals surface area (Å²) in [5.41, 5.74) is 2.79. The molecular formula is C21H16F2N2O2. The van der Waals surface area contributed by atoms with E-state index in [0.29, 0.717) is 11.3 Å². The van der Waals surface area contributed by atoms with Crippen LogP contribution in [-0.2, 0) is 0 Å². The minimum absolute atomic E-state index is 0.00248. The molecule has 0 aliphatic rings. The Kier molecular flexibility index (Phi) is 5.26. The first-order valence-corrected chi connectivity index (χ1v) is 8.17. The first-order valence-electron chi connectivity index (χ1n) is 8.17. The lowest BCUT2D eigenvalue weighted by Crippen LogP contribution is -2.12. The maximum absolute atomic E-state index is 13.2. The molecule has 0 fully saturated rings. The molecule has 0 radical (unpaired) electrons. The van der Waals surface area contributed by atoms with Gasteiger partial charge in [0.2, 0.25) is 0 Å². The fourth-order valence-electron chi connectivity index (χ4n) is 2.43. The molecule has 0 saturated carbocycles. The van der Waals surface area contributed by atoms with Crippen LogP contribution >= 0.6 is 0 Å². The van der Waals surface area contributed by atoms with Gasteiger partial charge in [-0.15, -0.1) is 0 Å². The summed E-state index contributed by atoms with van der Waals surface area (Å²) >= 11 is 0. The van der Waals surface area contributed by atoms with Crippen molar-refractivity contribution >= 4 is 28.8 Å². The third-order valence-corrected chi connectivity index (χ3v) is 3.90. The van der Waals surface area contributed by atoms with E-state index in [1.54, 1.807) is 48.5 Å². The molecular weight excluding hydrogens is 350 g/mol. The monoisotopic (exact) mass is 366 g/mol. The smallest absolute Gasteiger partial charge is 0.255 e. The highest BCUT2D eigenvalue weighted by Gasteiger charge is 2.10. The van der Waals surface area contributed by atoms with E-state index >= 15 is 0 Å². The van der Waals surface area contributed by atoms with Crippen molar-refractivity contribution in [3.8, 4) is 0 Å². The summed E-state index contributed by atoms with van der Waals surface area (Å²) in [5, 5.41) is 5.80. The van der Waals surface area contributed by atoms with Crippen LogP contribution in [0.3, 0.4) is 0 Å². The van der Waals surface area contributed by atoms with E-state index in [1.807, 2.05) is 0 Å². The van der Waals surface area contributed by atoms with Crippen LogP contribution in [0.25, 0.3) is 0 Å². The van der Waals surface area contributed by atoms with Gasteiger partial charge in [0.15, 0.2) is 17.4 Å². The molecule has 136 valence electrons. The first-order chi connectivity index (χ1) is 12.9. The fraction of sp³-hybridized carbons (Fsp3) is 0.0476. The molecule has 0 aliphatic carbocycles. The predicted octanol–water partition coefficient (Wildman–Crippen LogP) is 5.16. The Hall–Kier alpha value is -3.54. The van der Waals surface area contributed by atoms with Crippen molar-refractivity contribution in [2.45, 2.75) is 6.92 Å². The lowest BCUT2D eigenvalue weighted by Gasteiger charge is -2.09. The molecule has 3 aromatic carbocycles. The quantitative estimate of drug-likeness (QED) is 0.613. The SMILES string of the molecule is CC(=O)c1ccc(Nc2ccc(NC(=O)c3ccc(F)c(F)c3)cc2)cc1. The van der Waals surface area contributed by atoms with Crippen LogP contribution < -0.4 is 10.6 Å². The van der Waals surface area contributed by atoms with Crippen LogP contribution in [0.2, 0.25) is 0 Å². The summed E-state index contributed by atoms with van der Waals surface area (Å²) in [6.07, 6.45) is 0. The summed E-state index contributed by atoms with van der Waals surface area (Å²) in [4.78, 5) is 23.4. The van der Waals surface area contributed by atoms with Crippen molar-refractivity contribution < 1.29 is 18.4 Å². The van der Waals surface area contributed by atoms with Crippen molar-refractivity contribution in [2.75, 3.05) is 10.6 Å². The van der Waals surface area contributed by atoms with Crippen LogP contribution in [0, 0.1) is 11.6 Å². The molecule has 0 bridgehead atoms. The lowest BCUT2D eigenvalue weighted by molar-refractivity contribution is 0.101. The predicted molar refractivity (Wildman–Crippen MR) is 100 cm³/mol. The molecule has 4 nitrogen and oxygen atoms in total. The Morgan fingerprint density at radius 2 is 1.22 bits per heavy atom. The maximum Gasteiger partial charge on any atom is 0.255 e. The number of benzene rings is 3. The summed E-state index contributed by atoms with van der Waals surface area (Å²) in [7, 11) is 0. The number of carbonyl (C=O) groups is 2. The van der Waals surface area contributed by atoms with Gasteiger partial charge in [-0.1, -0.05) is 0 Å². The van der Waals surface area contributed by atoms with Crippen molar-refractivity contribution in [3.63, 3.8) is 0 Å². The first kappa shape index (κ1) is 18.3. The Labute approximate surface area is 154 Å². The van der Waals surface area contributed by atoms with E-state index < -0.39 is 17.5 Å². The van der Waals surface area contributed by atoms with E-state index in [0.717, 1.165) is 23.5 Å². The highest BCUT2D eigenvalue weighted by Crippen LogP contribution is 2.20. The van der Waals surface area contributed by atoms with Crippen molar-refractivity contribution in [1.29, 1.82) is 0 Å². The van der Waals surface area contributed by atoms with Gasteiger partial charge < -0.3 is 10.6 Å². The Bertz CT molecular complexity index is 984. The number of Topliss-reactive ketones (excluding diaryl/α,β-unsaturated/α-hetero) is 1. The van der Waals surface area contributed by atoms with Crippen LogP contribution in [0.5, 0.6) is 0 Å². The summed E-state index contributed by atoms with van der Waals surface area (Å²) < 4.78 is 26.2. The van der Waals surface area contributed by atoms with Crippen LogP contribution in [0.1, 0.15) is 27.6 Å². The summed E-state index contributed by atoms with van der Waals surface area (Å²) in [5.74, 6) is -2.60. The minimum Gasteiger partial charge on any atom is -0.356 e. The number of amides is 1. The third-order valence-electron chi connectivity index (χ3n) is 3.90. The second-order valence-electron chi connectivity index (χ2n) is 5.92. The summed E-state index contributed by atoms with van der Waals surface area (Å²) in [6.45, 7) is 1.51. The molecule has 0 heterocycles. The standard InChI is InChI=1S/C21H16F2N2O2/c1-13(26)14-2-5-16(6-3-14)24-17-7-9-18(10-8-17)25-21(27)15-4-11-19(22)20(23)12-15/h2-12,24H,1H3,(H,25,27). The summed E-state index contributed by atoms with van der Waals surface area (Å²) in [6, 6.07) is 17.0. The van der Waals surface area contributed by atoms with Crippen molar-refractivity contribution in [2.24, 2.45) is 0 Å². The number of anilines is 3. The molecule has 0 unspecified atom stereocenters. The van der Waals surface area contributed by atoms with Crippen LogP contribution in [0.4, 0.5) is 25.8 Å². The second kappa shape index (κ2) is 7.78. The molecule has 3 rings (SSSR count). The van der Waals surface area contributed by atoms with Gasteiger partial charge >= 0.3 is 0 Å². The Morgan fingerprint density at radius 1 is 0.704 bits per heavy atom.